The van der Waals surface area contributed by atoms with Crippen LogP contribution in [0.15, 0.2) is 0 Å². The molecule has 48 valence electrons. The van der Waals surface area contributed by atoms with Gasteiger partial charge < -0.3 is 10.2 Å². The van der Waals surface area contributed by atoms with Gasteiger partial charge in [-0.05, 0) is 0 Å². The van der Waals surface area contributed by atoms with Gasteiger partial charge in [-0.3, -0.25) is 0 Å². The molecule has 0 unspecified atom stereocenters. The Bertz CT molecular complexity index is 13.7. The Kier molecular flexibility index (Phi) is 1120. The van der Waals surface area contributed by atoms with Gasteiger partial charge in [0.05, 0.1) is 0 Å². The minimum atomic E-state index is 0. The van der Waals surface area contributed by atoms with Crippen LogP contribution in [0.4, 0.5) is 0 Å². The van der Waals surface area contributed by atoms with Gasteiger partial charge in [0, 0.05) is 35.9 Å². The number of aliphatic hydroxyl groups excluding tert-OH is 2. The van der Waals surface area contributed by atoms with E-state index in [2.05, 4.69) is 0 Å². The number of hydrogen-bond donors (Lipinski definition) is 2. The van der Waals surface area contributed by atoms with Crippen LogP contribution < -0.4 is 0 Å². The van der Waals surface area contributed by atoms with E-state index < -0.39 is 0 Å². The minimum Gasteiger partial charge on any atom is -0.400 e. The maximum absolute atomic E-state index is 7.00. The van der Waals surface area contributed by atoms with Gasteiger partial charge in [0.25, 0.3) is 0 Å². The van der Waals surface area contributed by atoms with E-state index in [1.54, 1.807) is 0 Å². The van der Waals surface area contributed by atoms with Gasteiger partial charge in [-0.1, -0.05) is 0 Å². The van der Waals surface area contributed by atoms with Crippen molar-refractivity contribution in [3.63, 3.8) is 0 Å². The molecule has 0 aliphatic carbocycles. The first-order valence-corrected chi connectivity index (χ1v) is 0.894. The van der Waals surface area contributed by atoms with Crippen LogP contribution >= 0.6 is 24.8 Å². The van der Waals surface area contributed by atoms with Crippen LogP contribution in [0.5, 0.6) is 0 Å². The third-order valence-corrected chi connectivity index (χ3v) is 0. The summed E-state index contributed by atoms with van der Waals surface area (Å²) in [6.07, 6.45) is 0. The van der Waals surface area contributed by atoms with Crippen molar-refractivity contribution in [2.45, 2.75) is 0 Å². The van der Waals surface area contributed by atoms with Crippen LogP contribution in [-0.4, -0.2) is 24.4 Å². The standard InChI is InChI=1S/2CH4O.2ClH.Ti/c2*1-2;;;/h2*2H,1H3;2*1H;. The van der Waals surface area contributed by atoms with Gasteiger partial charge in [0.15, 0.2) is 0 Å². The zero-order chi connectivity index (χ0) is 4.00. The smallest absolute Gasteiger partial charge is 0.0319 e. The molecular weight excluding hydrogens is 175 g/mol. The molecule has 0 aromatic carbocycles. The quantitative estimate of drug-likeness (QED) is 0.523. The van der Waals surface area contributed by atoms with Crippen molar-refractivity contribution >= 4 is 24.8 Å². The molecule has 0 saturated carbocycles. The van der Waals surface area contributed by atoms with Crippen LogP contribution in [0.25, 0.3) is 0 Å². The topological polar surface area (TPSA) is 40.5 Å². The molecule has 0 fully saturated rings. The predicted molar refractivity (Wildman–Crippen MR) is 30.8 cm³/mol. The number of rotatable bonds is 0. The molecule has 0 aromatic rings. The Hall–Kier alpha value is 1.21. The summed E-state index contributed by atoms with van der Waals surface area (Å²) in [7, 11) is 2.00. The van der Waals surface area contributed by atoms with E-state index in [4.69, 9.17) is 10.2 Å². The largest absolute Gasteiger partial charge is 0.400 e. The molecule has 0 rings (SSSR count). The summed E-state index contributed by atoms with van der Waals surface area (Å²) < 4.78 is 0. The van der Waals surface area contributed by atoms with Crippen LogP contribution in [0.2, 0.25) is 0 Å². The van der Waals surface area contributed by atoms with E-state index in [1.165, 1.54) is 0 Å². The SMILES string of the molecule is CO.CO.Cl.Cl.[Ti]. The summed E-state index contributed by atoms with van der Waals surface area (Å²) in [5, 5.41) is 14.0. The zero-order valence-electron chi connectivity index (χ0n) is 4.21. The van der Waals surface area contributed by atoms with E-state index in [-0.39, 0.29) is 46.5 Å². The summed E-state index contributed by atoms with van der Waals surface area (Å²) in [6, 6.07) is 0. The average Bonchev–Trinajstić information content (AvgIpc) is 1.50. The van der Waals surface area contributed by atoms with Gasteiger partial charge in [0.1, 0.15) is 0 Å². The fourth-order valence-electron chi connectivity index (χ4n) is 0. The fourth-order valence-corrected chi connectivity index (χ4v) is 0. The number of halogens is 2. The van der Waals surface area contributed by atoms with Gasteiger partial charge in [0.2, 0.25) is 0 Å². The van der Waals surface area contributed by atoms with Crippen molar-refractivity contribution in [2.24, 2.45) is 0 Å². The van der Waals surface area contributed by atoms with Crippen molar-refractivity contribution in [2.75, 3.05) is 14.2 Å². The van der Waals surface area contributed by atoms with Crippen LogP contribution in [0.3, 0.4) is 0 Å². The molecule has 0 amide bonds. The second-order valence-electron chi connectivity index (χ2n) is 0. The Morgan fingerprint density at radius 1 is 0.714 bits per heavy atom. The van der Waals surface area contributed by atoms with Crippen molar-refractivity contribution in [1.29, 1.82) is 0 Å². The van der Waals surface area contributed by atoms with Crippen molar-refractivity contribution < 1.29 is 31.9 Å². The van der Waals surface area contributed by atoms with Crippen molar-refractivity contribution in [3.8, 4) is 0 Å². The van der Waals surface area contributed by atoms with Crippen LogP contribution in [0.1, 0.15) is 0 Å². The molecule has 0 bridgehead atoms. The Morgan fingerprint density at radius 2 is 0.714 bits per heavy atom. The van der Waals surface area contributed by atoms with E-state index in [0.29, 0.717) is 0 Å². The average molecular weight is 185 g/mol. The summed E-state index contributed by atoms with van der Waals surface area (Å²) in [5.74, 6) is 0. The van der Waals surface area contributed by atoms with E-state index in [0.717, 1.165) is 14.2 Å². The van der Waals surface area contributed by atoms with Gasteiger partial charge in [-0.15, -0.1) is 24.8 Å². The van der Waals surface area contributed by atoms with E-state index >= 15 is 0 Å². The predicted octanol–water partition coefficient (Wildman–Crippen LogP) is 0.0581. The minimum absolute atomic E-state index is 0. The molecule has 5 heteroatoms. The molecule has 7 heavy (non-hydrogen) atoms. The van der Waals surface area contributed by atoms with Crippen LogP contribution in [-0.2, 0) is 21.7 Å². The van der Waals surface area contributed by atoms with Gasteiger partial charge >= 0.3 is 0 Å². The Labute approximate surface area is 71.0 Å². The van der Waals surface area contributed by atoms with Crippen molar-refractivity contribution in [3.05, 3.63) is 0 Å². The second-order valence-corrected chi connectivity index (χ2v) is 0. The molecule has 2 N–H and O–H groups in total. The fraction of sp³-hybridized carbons (Fsp3) is 1.00. The first kappa shape index (κ1) is 41.4. The Morgan fingerprint density at radius 3 is 0.714 bits per heavy atom. The van der Waals surface area contributed by atoms with Crippen molar-refractivity contribution in [1.82, 2.24) is 0 Å². The third-order valence-electron chi connectivity index (χ3n) is 0. The number of aliphatic hydroxyl groups is 2. The summed E-state index contributed by atoms with van der Waals surface area (Å²) >= 11 is 0. The molecular formula is C2H10Cl2O2Ti. The molecule has 0 atom stereocenters. The monoisotopic (exact) mass is 184 g/mol. The van der Waals surface area contributed by atoms with Gasteiger partial charge in [-0.2, -0.15) is 0 Å². The zero-order valence-corrected chi connectivity index (χ0v) is 7.41. The molecule has 0 aliphatic rings. The third kappa shape index (κ3) is 133. The molecule has 0 heterocycles. The van der Waals surface area contributed by atoms with E-state index in [9.17, 15) is 0 Å². The second kappa shape index (κ2) is 189. The normalized spacial score (nSPS) is 1.71. The molecule has 0 spiro atoms. The molecule has 0 aliphatic heterocycles. The molecule has 0 radical (unpaired) electrons. The summed E-state index contributed by atoms with van der Waals surface area (Å²) in [6.45, 7) is 0. The van der Waals surface area contributed by atoms with E-state index in [1.807, 2.05) is 0 Å². The molecule has 2 nitrogen and oxygen atoms in total. The number of hydrogen-bond acceptors (Lipinski definition) is 2. The summed E-state index contributed by atoms with van der Waals surface area (Å²) in [4.78, 5) is 0. The van der Waals surface area contributed by atoms with Gasteiger partial charge in [-0.25, -0.2) is 0 Å². The first-order valence-electron chi connectivity index (χ1n) is 0.894. The molecule has 0 saturated heterocycles. The van der Waals surface area contributed by atoms with Crippen LogP contribution in [0, 0.1) is 0 Å². The maximum atomic E-state index is 7.00. The first-order chi connectivity index (χ1) is 2.00. The Balaban J connectivity index is -0.00000000267. The molecule has 0 aromatic heterocycles. The summed E-state index contributed by atoms with van der Waals surface area (Å²) in [5.41, 5.74) is 0. The maximum Gasteiger partial charge on any atom is 0.0319 e.